The lowest BCUT2D eigenvalue weighted by Gasteiger charge is -2.34. The second-order valence-electron chi connectivity index (χ2n) is 10.8. The molecule has 3 fully saturated rings. The molecule has 3 aromatic rings. The van der Waals surface area contributed by atoms with Crippen molar-refractivity contribution in [2.75, 3.05) is 32.1 Å². The van der Waals surface area contributed by atoms with Crippen LogP contribution in [0.1, 0.15) is 41.6 Å². The largest absolute Gasteiger partial charge is 0.360 e. The molecular formula is C28H30ClN5O3. The van der Waals surface area contributed by atoms with Gasteiger partial charge in [0, 0.05) is 41.2 Å². The predicted octanol–water partition coefficient (Wildman–Crippen LogP) is 4.14. The lowest BCUT2D eigenvalue weighted by Crippen LogP contribution is -2.55. The van der Waals surface area contributed by atoms with E-state index in [1.54, 1.807) is 29.3 Å². The Kier molecular flexibility index (Phi) is 5.76. The number of urea groups is 1. The Labute approximate surface area is 220 Å². The average Bonchev–Trinajstić information content (AvgIpc) is 3.49. The molecule has 6 rings (SSSR count). The lowest BCUT2D eigenvalue weighted by molar-refractivity contribution is -0.121. The Morgan fingerprint density at radius 3 is 2.62 bits per heavy atom. The van der Waals surface area contributed by atoms with Crippen LogP contribution in [0, 0.1) is 0 Å². The molecule has 1 saturated carbocycles. The number of rotatable bonds is 6. The van der Waals surface area contributed by atoms with Crippen LogP contribution in [0.4, 0.5) is 10.5 Å². The molecular weight excluding hydrogens is 490 g/mol. The predicted molar refractivity (Wildman–Crippen MR) is 143 cm³/mol. The summed E-state index contributed by atoms with van der Waals surface area (Å²) >= 11 is 6.16. The summed E-state index contributed by atoms with van der Waals surface area (Å²) in [6.45, 7) is 1.48. The van der Waals surface area contributed by atoms with Crippen molar-refractivity contribution in [3.05, 3.63) is 64.8 Å². The summed E-state index contributed by atoms with van der Waals surface area (Å²) in [5.74, 6) is -0.568. The third-order valence-electron chi connectivity index (χ3n) is 7.96. The molecule has 2 aliphatic heterocycles. The summed E-state index contributed by atoms with van der Waals surface area (Å²) in [4.78, 5) is 48.2. The van der Waals surface area contributed by atoms with Crippen LogP contribution < -0.4 is 10.2 Å². The van der Waals surface area contributed by atoms with Gasteiger partial charge in [-0.1, -0.05) is 29.8 Å². The number of hydrogen-bond donors (Lipinski definition) is 2. The number of imide groups is 1. The molecule has 9 heteroatoms. The molecule has 2 atom stereocenters. The smallest absolute Gasteiger partial charge is 0.332 e. The van der Waals surface area contributed by atoms with Crippen molar-refractivity contribution in [3.8, 4) is 0 Å². The number of anilines is 1. The van der Waals surface area contributed by atoms with Crippen molar-refractivity contribution >= 4 is 46.0 Å². The lowest BCUT2D eigenvalue weighted by atomic mass is 9.95. The van der Waals surface area contributed by atoms with Crippen molar-refractivity contribution in [1.29, 1.82) is 0 Å². The number of halogens is 1. The number of H-pyrrole nitrogens is 1. The van der Waals surface area contributed by atoms with Gasteiger partial charge in [0.05, 0.1) is 16.8 Å². The minimum atomic E-state index is -0.711. The number of likely N-dealkylation sites (N-methyl/N-ethyl adjacent to an activating group) is 1. The monoisotopic (exact) mass is 519 g/mol. The zero-order chi connectivity index (χ0) is 25.9. The third kappa shape index (κ3) is 4.08. The Balaban J connectivity index is 1.21. The molecule has 8 nitrogen and oxygen atoms in total. The van der Waals surface area contributed by atoms with E-state index in [1.807, 2.05) is 24.3 Å². The number of hydrogen-bond acceptors (Lipinski definition) is 4. The van der Waals surface area contributed by atoms with Gasteiger partial charge in [-0.05, 0) is 69.6 Å². The van der Waals surface area contributed by atoms with Gasteiger partial charge < -0.3 is 20.1 Å². The number of nitrogens with one attached hydrogen (secondary N) is 2. The van der Waals surface area contributed by atoms with Gasteiger partial charge >= 0.3 is 6.03 Å². The van der Waals surface area contributed by atoms with E-state index in [9.17, 15) is 14.4 Å². The molecule has 0 unspecified atom stereocenters. The van der Waals surface area contributed by atoms with E-state index in [2.05, 4.69) is 29.3 Å². The molecule has 2 N–H and O–H groups in total. The Hall–Kier alpha value is -3.36. The maximum absolute atomic E-state index is 13.6. The first kappa shape index (κ1) is 24.0. The quantitative estimate of drug-likeness (QED) is 0.479. The van der Waals surface area contributed by atoms with E-state index < -0.39 is 12.1 Å². The second kappa shape index (κ2) is 8.89. The van der Waals surface area contributed by atoms with Crippen LogP contribution >= 0.6 is 11.6 Å². The number of fused-ring (bicyclic) bond motifs is 2. The van der Waals surface area contributed by atoms with E-state index in [4.69, 9.17) is 11.6 Å². The van der Waals surface area contributed by atoms with Gasteiger partial charge in [-0.25, -0.2) is 9.69 Å². The third-order valence-corrected chi connectivity index (χ3v) is 8.27. The number of aromatic amines is 1. The number of carbonyl (C=O) groups excluding carboxylic acids is 3. The number of carbonyl (C=O) groups is 3. The van der Waals surface area contributed by atoms with Crippen LogP contribution in [0.15, 0.2) is 48.7 Å². The van der Waals surface area contributed by atoms with E-state index in [1.165, 1.54) is 10.5 Å². The molecule has 0 radical (unpaired) electrons. The molecule has 1 aliphatic carbocycles. The SMILES string of the molecule is CN(C)CC1(c2ccc(N3C(=O)[C@@H]4[C@H](NC(=O)c5ccc6c(Cl)c[nH]c6c5)CCCN4C3=O)cc2)CC1. The number of benzene rings is 2. The number of aromatic nitrogens is 1. The van der Waals surface area contributed by atoms with Crippen LogP contribution in [0.5, 0.6) is 0 Å². The van der Waals surface area contributed by atoms with E-state index >= 15 is 0 Å². The summed E-state index contributed by atoms with van der Waals surface area (Å²) in [5, 5.41) is 4.46. The summed E-state index contributed by atoms with van der Waals surface area (Å²) in [6, 6.07) is 11.6. The van der Waals surface area contributed by atoms with E-state index in [0.717, 1.165) is 30.3 Å². The van der Waals surface area contributed by atoms with E-state index in [0.29, 0.717) is 35.7 Å². The molecule has 3 aliphatic rings. The maximum Gasteiger partial charge on any atom is 0.332 e. The normalized spacial score (nSPS) is 22.6. The highest BCUT2D eigenvalue weighted by Crippen LogP contribution is 2.49. The van der Waals surface area contributed by atoms with Gasteiger partial charge in [-0.15, -0.1) is 0 Å². The minimum Gasteiger partial charge on any atom is -0.360 e. The van der Waals surface area contributed by atoms with Crippen LogP contribution in [0.25, 0.3) is 10.9 Å². The summed E-state index contributed by atoms with van der Waals surface area (Å²) < 4.78 is 0. The topological polar surface area (TPSA) is 88.8 Å². The number of amides is 4. The van der Waals surface area contributed by atoms with Crippen molar-refractivity contribution in [1.82, 2.24) is 20.1 Å². The second-order valence-corrected chi connectivity index (χ2v) is 11.2. The molecule has 1 aromatic heterocycles. The standard InChI is InChI=1S/C28H30ClN5O3/c1-32(2)16-28(11-12-28)18-6-8-19(9-7-18)34-26(36)24-22(4-3-13-33(24)27(34)37)31-25(35)17-5-10-20-21(29)15-30-23(20)14-17/h5-10,14-15,22,24,30H,3-4,11-13,16H2,1-2H3,(H,31,35)/t22-,24+/m1/s1. The van der Waals surface area contributed by atoms with Crippen molar-refractivity contribution < 1.29 is 14.4 Å². The van der Waals surface area contributed by atoms with Crippen LogP contribution in [0.3, 0.4) is 0 Å². The molecule has 0 bridgehead atoms. The Morgan fingerprint density at radius 2 is 1.92 bits per heavy atom. The van der Waals surface area contributed by atoms with Crippen LogP contribution in [-0.2, 0) is 10.2 Å². The highest BCUT2D eigenvalue weighted by Gasteiger charge is 2.51. The van der Waals surface area contributed by atoms with Crippen molar-refractivity contribution in [3.63, 3.8) is 0 Å². The average molecular weight is 520 g/mol. The van der Waals surface area contributed by atoms with Crippen LogP contribution in [-0.4, -0.2) is 71.9 Å². The fraction of sp³-hybridized carbons (Fsp3) is 0.393. The van der Waals surface area contributed by atoms with Gasteiger partial charge in [0.15, 0.2) is 0 Å². The van der Waals surface area contributed by atoms with Gasteiger partial charge in [0.25, 0.3) is 11.8 Å². The molecule has 3 heterocycles. The van der Waals surface area contributed by atoms with Crippen molar-refractivity contribution in [2.24, 2.45) is 0 Å². The Bertz CT molecular complexity index is 1390. The maximum atomic E-state index is 13.6. The van der Waals surface area contributed by atoms with Gasteiger partial charge in [0.2, 0.25) is 0 Å². The molecule has 4 amide bonds. The first-order chi connectivity index (χ1) is 17.8. The number of piperidine rings is 1. The highest BCUT2D eigenvalue weighted by atomic mass is 35.5. The summed E-state index contributed by atoms with van der Waals surface area (Å²) in [5.41, 5.74) is 3.23. The molecule has 37 heavy (non-hydrogen) atoms. The minimum absolute atomic E-state index is 0.169. The molecule has 192 valence electrons. The van der Waals surface area contributed by atoms with Gasteiger partial charge in [-0.3, -0.25) is 9.59 Å². The first-order valence-corrected chi connectivity index (χ1v) is 13.1. The molecule has 2 saturated heterocycles. The zero-order valence-corrected chi connectivity index (χ0v) is 21.7. The highest BCUT2D eigenvalue weighted by molar-refractivity contribution is 6.35. The Morgan fingerprint density at radius 1 is 1.16 bits per heavy atom. The van der Waals surface area contributed by atoms with Gasteiger partial charge in [0.1, 0.15) is 6.04 Å². The van der Waals surface area contributed by atoms with E-state index in [-0.39, 0.29) is 23.3 Å². The fourth-order valence-electron chi connectivity index (χ4n) is 6.00. The van der Waals surface area contributed by atoms with Gasteiger partial charge in [-0.2, -0.15) is 0 Å². The summed E-state index contributed by atoms with van der Waals surface area (Å²) in [7, 11) is 4.16. The fourth-order valence-corrected chi connectivity index (χ4v) is 6.22. The number of nitrogens with zero attached hydrogens (tertiary/aromatic N) is 3. The zero-order valence-electron chi connectivity index (χ0n) is 21.0. The molecule has 0 spiro atoms. The van der Waals surface area contributed by atoms with Crippen LogP contribution in [0.2, 0.25) is 5.02 Å². The first-order valence-electron chi connectivity index (χ1n) is 12.7. The van der Waals surface area contributed by atoms with Crippen molar-refractivity contribution in [2.45, 2.75) is 43.2 Å². The molecule has 2 aromatic carbocycles. The summed E-state index contributed by atoms with van der Waals surface area (Å²) in [6.07, 6.45) is 5.32.